The maximum Gasteiger partial charge on any atom is 0.328 e. The van der Waals surface area contributed by atoms with Gasteiger partial charge in [0.2, 0.25) is 23.6 Å². The lowest BCUT2D eigenvalue weighted by Crippen LogP contribution is -2.58. The minimum Gasteiger partial charge on any atom is -0.480 e. The fraction of sp³-hybridized carbons (Fsp3) is 0.500. The third kappa shape index (κ3) is 9.55. The average Bonchev–Trinajstić information content (AvgIpc) is 2.78. The Morgan fingerprint density at radius 1 is 0.882 bits per heavy atom. The van der Waals surface area contributed by atoms with Crippen molar-refractivity contribution >= 4 is 29.6 Å². The van der Waals surface area contributed by atoms with E-state index in [9.17, 15) is 29.1 Å². The molecule has 0 aliphatic carbocycles. The smallest absolute Gasteiger partial charge is 0.328 e. The number of carbonyl (C=O) groups is 5. The van der Waals surface area contributed by atoms with E-state index >= 15 is 0 Å². The van der Waals surface area contributed by atoms with E-state index in [1.165, 1.54) is 0 Å². The molecule has 0 spiro atoms. The van der Waals surface area contributed by atoms with Crippen molar-refractivity contribution in [1.82, 2.24) is 16.0 Å². The Balaban J connectivity index is 3.11. The van der Waals surface area contributed by atoms with Gasteiger partial charge in [-0.3, -0.25) is 19.2 Å². The molecule has 4 atom stereocenters. The van der Waals surface area contributed by atoms with Crippen LogP contribution in [0.2, 0.25) is 0 Å². The number of aliphatic carboxylic acids is 1. The van der Waals surface area contributed by atoms with Gasteiger partial charge in [0.05, 0.1) is 12.6 Å². The molecule has 188 valence electrons. The number of primary amides is 1. The van der Waals surface area contributed by atoms with Crippen LogP contribution in [0.1, 0.15) is 32.3 Å². The van der Waals surface area contributed by atoms with Crippen LogP contribution in [0.4, 0.5) is 0 Å². The number of hydrogen-bond acceptors (Lipinski definition) is 7. The molecule has 4 unspecified atom stereocenters. The number of aliphatic hydroxyl groups is 1. The molecule has 1 rings (SSSR count). The number of carboxylic acid groups (broad SMARTS) is 1. The van der Waals surface area contributed by atoms with Crippen LogP contribution in [-0.2, 0) is 30.4 Å². The summed E-state index contributed by atoms with van der Waals surface area (Å²) in [6.07, 6.45) is -0.347. The highest BCUT2D eigenvalue weighted by Gasteiger charge is 2.31. The second kappa shape index (κ2) is 13.9. The van der Waals surface area contributed by atoms with Crippen LogP contribution in [0, 0.1) is 5.92 Å². The quantitative estimate of drug-likeness (QED) is 0.158. The predicted molar refractivity (Wildman–Crippen MR) is 122 cm³/mol. The molecule has 0 aliphatic heterocycles. The van der Waals surface area contributed by atoms with Crippen molar-refractivity contribution in [1.29, 1.82) is 0 Å². The van der Waals surface area contributed by atoms with Gasteiger partial charge in [0.1, 0.15) is 18.1 Å². The number of hydrogen-bond donors (Lipinski definition) is 7. The molecule has 1 aromatic rings. The van der Waals surface area contributed by atoms with Crippen molar-refractivity contribution < 1.29 is 34.2 Å². The zero-order valence-electron chi connectivity index (χ0n) is 19.2. The van der Waals surface area contributed by atoms with Gasteiger partial charge >= 0.3 is 5.97 Å². The number of amides is 4. The van der Waals surface area contributed by atoms with Crippen LogP contribution in [-0.4, -0.2) is 70.6 Å². The van der Waals surface area contributed by atoms with Crippen molar-refractivity contribution in [3.8, 4) is 0 Å². The van der Waals surface area contributed by atoms with E-state index in [0.29, 0.717) is 5.56 Å². The van der Waals surface area contributed by atoms with E-state index in [2.05, 4.69) is 16.0 Å². The van der Waals surface area contributed by atoms with Gasteiger partial charge < -0.3 is 37.6 Å². The van der Waals surface area contributed by atoms with Gasteiger partial charge in [-0.1, -0.05) is 44.2 Å². The fourth-order valence-corrected chi connectivity index (χ4v) is 2.92. The van der Waals surface area contributed by atoms with Gasteiger partial charge in [-0.2, -0.15) is 0 Å². The van der Waals surface area contributed by atoms with Crippen LogP contribution in [0.15, 0.2) is 30.3 Å². The van der Waals surface area contributed by atoms with Crippen molar-refractivity contribution in [3.63, 3.8) is 0 Å². The molecule has 34 heavy (non-hydrogen) atoms. The number of carboxylic acids is 1. The number of rotatable bonds is 14. The van der Waals surface area contributed by atoms with Gasteiger partial charge in [0, 0.05) is 12.8 Å². The molecule has 0 radical (unpaired) electrons. The predicted octanol–water partition coefficient (Wildman–Crippen LogP) is -1.99. The monoisotopic (exact) mass is 479 g/mol. The first-order chi connectivity index (χ1) is 16.0. The summed E-state index contributed by atoms with van der Waals surface area (Å²) in [6, 6.07) is 3.69. The van der Waals surface area contributed by atoms with Gasteiger partial charge in [0.15, 0.2) is 0 Å². The molecule has 0 bridgehead atoms. The molecule has 4 amide bonds. The molecule has 0 aromatic heterocycles. The summed E-state index contributed by atoms with van der Waals surface area (Å²) in [5.74, 6) is -4.60. The largest absolute Gasteiger partial charge is 0.480 e. The highest BCUT2D eigenvalue weighted by atomic mass is 16.4. The standard InChI is InChI=1S/C22H33N5O7/c1-12(2)18(24)21(32)25-14(8-9-17(23)29)19(30)26-15(10-13-6-4-3-5-7-13)20(31)27-16(11-28)22(33)34/h3-7,12,14-16,18,28H,8-11,24H2,1-2H3,(H2,23,29)(H,25,32)(H,26,30)(H,27,31)(H,33,34). The Kier molecular flexibility index (Phi) is 11.7. The van der Waals surface area contributed by atoms with Crippen molar-refractivity contribution in [3.05, 3.63) is 35.9 Å². The molecule has 0 fully saturated rings. The van der Waals surface area contributed by atoms with E-state index in [1.54, 1.807) is 44.2 Å². The average molecular weight is 480 g/mol. The van der Waals surface area contributed by atoms with Crippen LogP contribution >= 0.6 is 0 Å². The number of carbonyl (C=O) groups excluding carboxylic acids is 4. The number of benzene rings is 1. The topological polar surface area (TPSA) is 214 Å². The SMILES string of the molecule is CC(C)C(N)C(=O)NC(CCC(N)=O)C(=O)NC(Cc1ccccc1)C(=O)NC(CO)C(=O)O. The van der Waals surface area contributed by atoms with E-state index in [1.807, 2.05) is 0 Å². The lowest BCUT2D eigenvalue weighted by atomic mass is 10.0. The highest BCUT2D eigenvalue weighted by Crippen LogP contribution is 2.07. The summed E-state index contributed by atoms with van der Waals surface area (Å²) in [6.45, 7) is 2.60. The van der Waals surface area contributed by atoms with Crippen LogP contribution in [0.3, 0.4) is 0 Å². The molecular weight excluding hydrogens is 446 g/mol. The first kappa shape index (κ1) is 28.5. The number of nitrogens with one attached hydrogen (secondary N) is 3. The Morgan fingerprint density at radius 2 is 1.41 bits per heavy atom. The fourth-order valence-electron chi connectivity index (χ4n) is 2.92. The molecule has 0 heterocycles. The summed E-state index contributed by atoms with van der Waals surface area (Å²) in [7, 11) is 0. The highest BCUT2D eigenvalue weighted by molar-refractivity contribution is 5.94. The van der Waals surface area contributed by atoms with Crippen LogP contribution in [0.25, 0.3) is 0 Å². The molecule has 1 aromatic carbocycles. The zero-order valence-corrected chi connectivity index (χ0v) is 19.2. The number of nitrogens with two attached hydrogens (primary N) is 2. The maximum absolute atomic E-state index is 13.0. The van der Waals surface area contributed by atoms with E-state index < -0.39 is 60.4 Å². The Hall–Kier alpha value is -3.51. The Morgan fingerprint density at radius 3 is 1.91 bits per heavy atom. The first-order valence-electron chi connectivity index (χ1n) is 10.8. The first-order valence-corrected chi connectivity index (χ1v) is 10.8. The molecule has 0 aliphatic rings. The van der Waals surface area contributed by atoms with E-state index in [-0.39, 0.29) is 25.2 Å². The second-order valence-electron chi connectivity index (χ2n) is 8.17. The summed E-state index contributed by atoms with van der Waals surface area (Å²) < 4.78 is 0. The maximum atomic E-state index is 13.0. The lowest BCUT2D eigenvalue weighted by molar-refractivity contribution is -0.143. The molecule has 9 N–H and O–H groups in total. The molecule has 12 nitrogen and oxygen atoms in total. The van der Waals surface area contributed by atoms with Crippen LogP contribution in [0.5, 0.6) is 0 Å². The summed E-state index contributed by atoms with van der Waals surface area (Å²) in [4.78, 5) is 60.7. The molecular formula is C22H33N5O7. The van der Waals surface area contributed by atoms with Gasteiger partial charge in [-0.25, -0.2) is 4.79 Å². The van der Waals surface area contributed by atoms with Crippen molar-refractivity contribution in [2.75, 3.05) is 6.61 Å². The van der Waals surface area contributed by atoms with Gasteiger partial charge in [-0.05, 0) is 17.9 Å². The van der Waals surface area contributed by atoms with E-state index in [0.717, 1.165) is 0 Å². The molecule has 0 saturated heterocycles. The van der Waals surface area contributed by atoms with Crippen molar-refractivity contribution in [2.45, 2.75) is 57.3 Å². The second-order valence-corrected chi connectivity index (χ2v) is 8.17. The van der Waals surface area contributed by atoms with E-state index in [4.69, 9.17) is 16.6 Å². The normalized spacial score (nSPS) is 14.4. The third-order valence-corrected chi connectivity index (χ3v) is 5.05. The minimum atomic E-state index is -1.57. The molecule has 0 saturated carbocycles. The third-order valence-electron chi connectivity index (χ3n) is 5.05. The van der Waals surface area contributed by atoms with Crippen LogP contribution < -0.4 is 27.4 Å². The zero-order chi connectivity index (χ0) is 25.8. The van der Waals surface area contributed by atoms with Crippen molar-refractivity contribution in [2.24, 2.45) is 17.4 Å². The van der Waals surface area contributed by atoms with Gasteiger partial charge in [-0.15, -0.1) is 0 Å². The Bertz CT molecular complexity index is 862. The lowest BCUT2D eigenvalue weighted by Gasteiger charge is -2.25. The summed E-state index contributed by atoms with van der Waals surface area (Å²) >= 11 is 0. The summed E-state index contributed by atoms with van der Waals surface area (Å²) in [5, 5.41) is 25.5. The minimum absolute atomic E-state index is 0.00181. The molecule has 12 heteroatoms. The van der Waals surface area contributed by atoms with Gasteiger partial charge in [0.25, 0.3) is 0 Å². The number of aliphatic hydroxyl groups excluding tert-OH is 1. The Labute approximate surface area is 197 Å². The summed E-state index contributed by atoms with van der Waals surface area (Å²) in [5.41, 5.74) is 11.7.